The standard InChI is InChI=1S/C19H25N3OS/c1-15-9-10-18(24-15)16(2)20-19(23)22-12-6-11-21(13-14-22)17-7-4-3-5-8-17/h3-5,7-10,16H,6,11-14H2,1-2H3,(H,20,23). The lowest BCUT2D eigenvalue weighted by molar-refractivity contribution is 0.198. The Morgan fingerprint density at radius 2 is 1.88 bits per heavy atom. The van der Waals surface area contributed by atoms with Crippen molar-refractivity contribution in [2.75, 3.05) is 31.1 Å². The van der Waals surface area contributed by atoms with E-state index < -0.39 is 0 Å². The second-order valence-corrected chi connectivity index (χ2v) is 7.60. The van der Waals surface area contributed by atoms with Gasteiger partial charge in [0, 0.05) is 41.6 Å². The van der Waals surface area contributed by atoms with Crippen LogP contribution in [0.4, 0.5) is 10.5 Å². The van der Waals surface area contributed by atoms with Gasteiger partial charge in [-0.15, -0.1) is 11.3 Å². The van der Waals surface area contributed by atoms with E-state index in [1.54, 1.807) is 11.3 Å². The molecule has 0 aliphatic carbocycles. The molecule has 0 bridgehead atoms. The predicted molar refractivity (Wildman–Crippen MR) is 101 cm³/mol. The molecule has 0 saturated carbocycles. The van der Waals surface area contributed by atoms with Crippen molar-refractivity contribution >= 4 is 23.1 Å². The summed E-state index contributed by atoms with van der Waals surface area (Å²) in [7, 11) is 0. The Hall–Kier alpha value is -2.01. The Balaban J connectivity index is 1.56. The van der Waals surface area contributed by atoms with Gasteiger partial charge in [0.2, 0.25) is 0 Å². The van der Waals surface area contributed by atoms with Gasteiger partial charge in [0.25, 0.3) is 0 Å². The molecule has 2 amide bonds. The van der Waals surface area contributed by atoms with Crippen molar-refractivity contribution in [2.24, 2.45) is 0 Å². The van der Waals surface area contributed by atoms with E-state index in [2.05, 4.69) is 60.5 Å². The summed E-state index contributed by atoms with van der Waals surface area (Å²) in [5.74, 6) is 0. The van der Waals surface area contributed by atoms with Crippen molar-refractivity contribution in [1.29, 1.82) is 0 Å². The zero-order chi connectivity index (χ0) is 16.9. The summed E-state index contributed by atoms with van der Waals surface area (Å²) >= 11 is 1.74. The van der Waals surface area contributed by atoms with Gasteiger partial charge in [-0.05, 0) is 44.5 Å². The van der Waals surface area contributed by atoms with Crippen LogP contribution in [0, 0.1) is 6.92 Å². The summed E-state index contributed by atoms with van der Waals surface area (Å²) in [5, 5.41) is 3.14. The monoisotopic (exact) mass is 343 g/mol. The van der Waals surface area contributed by atoms with Gasteiger partial charge in [0.15, 0.2) is 0 Å². The molecule has 128 valence electrons. The first-order valence-electron chi connectivity index (χ1n) is 8.55. The fourth-order valence-corrected chi connectivity index (χ4v) is 3.93. The van der Waals surface area contributed by atoms with Crippen LogP contribution in [0.15, 0.2) is 42.5 Å². The minimum Gasteiger partial charge on any atom is -0.370 e. The normalized spacial score (nSPS) is 16.6. The summed E-state index contributed by atoms with van der Waals surface area (Å²) < 4.78 is 0. The number of thiophene rings is 1. The maximum absolute atomic E-state index is 12.6. The zero-order valence-electron chi connectivity index (χ0n) is 14.4. The highest BCUT2D eigenvalue weighted by Gasteiger charge is 2.21. The molecule has 1 fully saturated rings. The van der Waals surface area contributed by atoms with E-state index in [-0.39, 0.29) is 12.1 Å². The largest absolute Gasteiger partial charge is 0.370 e. The second-order valence-electron chi connectivity index (χ2n) is 6.28. The van der Waals surface area contributed by atoms with Crippen molar-refractivity contribution < 1.29 is 4.79 Å². The number of para-hydroxylation sites is 1. The smallest absolute Gasteiger partial charge is 0.317 e. The fraction of sp³-hybridized carbons (Fsp3) is 0.421. The number of hydrogen-bond donors (Lipinski definition) is 1. The Morgan fingerprint density at radius 1 is 1.08 bits per heavy atom. The Kier molecular flexibility index (Phi) is 5.41. The first-order valence-corrected chi connectivity index (χ1v) is 9.37. The summed E-state index contributed by atoms with van der Waals surface area (Å²) in [6.45, 7) is 7.59. The minimum atomic E-state index is 0.0449. The molecule has 1 atom stereocenters. The van der Waals surface area contributed by atoms with Gasteiger partial charge < -0.3 is 15.1 Å². The van der Waals surface area contributed by atoms with Crippen LogP contribution in [0.5, 0.6) is 0 Å². The van der Waals surface area contributed by atoms with Crippen LogP contribution in [0.2, 0.25) is 0 Å². The number of urea groups is 1. The number of carbonyl (C=O) groups excluding carboxylic acids is 1. The predicted octanol–water partition coefficient (Wildman–Crippen LogP) is 4.04. The molecular weight excluding hydrogens is 318 g/mol. The van der Waals surface area contributed by atoms with Crippen LogP contribution in [0.25, 0.3) is 0 Å². The second kappa shape index (κ2) is 7.71. The maximum atomic E-state index is 12.6. The van der Waals surface area contributed by atoms with E-state index >= 15 is 0 Å². The van der Waals surface area contributed by atoms with Gasteiger partial charge in [0.05, 0.1) is 6.04 Å². The fourth-order valence-electron chi connectivity index (χ4n) is 3.05. The molecule has 3 rings (SSSR count). The molecule has 5 heteroatoms. The minimum absolute atomic E-state index is 0.0449. The first kappa shape index (κ1) is 16.8. The van der Waals surface area contributed by atoms with Crippen LogP contribution in [-0.2, 0) is 0 Å². The van der Waals surface area contributed by atoms with Crippen molar-refractivity contribution in [3.63, 3.8) is 0 Å². The average molecular weight is 343 g/mol. The molecule has 24 heavy (non-hydrogen) atoms. The number of hydrogen-bond acceptors (Lipinski definition) is 3. The molecule has 1 N–H and O–H groups in total. The summed E-state index contributed by atoms with van der Waals surface area (Å²) in [4.78, 5) is 19.4. The van der Waals surface area contributed by atoms with Crippen molar-refractivity contribution in [3.8, 4) is 0 Å². The zero-order valence-corrected chi connectivity index (χ0v) is 15.2. The average Bonchev–Trinajstić information content (AvgIpc) is 2.88. The van der Waals surface area contributed by atoms with Gasteiger partial charge >= 0.3 is 6.03 Å². The van der Waals surface area contributed by atoms with Crippen LogP contribution in [0.1, 0.15) is 29.1 Å². The van der Waals surface area contributed by atoms with Gasteiger partial charge in [-0.2, -0.15) is 0 Å². The van der Waals surface area contributed by atoms with Gasteiger partial charge in [-0.1, -0.05) is 18.2 Å². The molecule has 1 aromatic carbocycles. The SMILES string of the molecule is Cc1ccc(C(C)NC(=O)N2CCCN(c3ccccc3)CC2)s1. The number of carbonyl (C=O) groups is 1. The van der Waals surface area contributed by atoms with Crippen LogP contribution in [0.3, 0.4) is 0 Å². The molecule has 1 aliphatic rings. The molecule has 1 aromatic heterocycles. The highest BCUT2D eigenvalue weighted by Crippen LogP contribution is 2.22. The molecule has 0 spiro atoms. The van der Waals surface area contributed by atoms with Gasteiger partial charge in [-0.3, -0.25) is 0 Å². The van der Waals surface area contributed by atoms with Gasteiger partial charge in [0.1, 0.15) is 0 Å². The van der Waals surface area contributed by atoms with Crippen LogP contribution >= 0.6 is 11.3 Å². The number of aryl methyl sites for hydroxylation is 1. The summed E-state index contributed by atoms with van der Waals surface area (Å²) in [5.41, 5.74) is 1.24. The lowest BCUT2D eigenvalue weighted by Crippen LogP contribution is -2.42. The molecule has 0 radical (unpaired) electrons. The quantitative estimate of drug-likeness (QED) is 0.913. The summed E-state index contributed by atoms with van der Waals surface area (Å²) in [6, 6.07) is 14.7. The number of nitrogens with one attached hydrogen (secondary N) is 1. The highest BCUT2D eigenvalue weighted by atomic mass is 32.1. The van der Waals surface area contributed by atoms with E-state index in [0.717, 1.165) is 32.6 Å². The van der Waals surface area contributed by atoms with E-state index in [4.69, 9.17) is 0 Å². The van der Waals surface area contributed by atoms with Crippen molar-refractivity contribution in [2.45, 2.75) is 26.3 Å². The Labute approximate surface area is 148 Å². The number of benzene rings is 1. The highest BCUT2D eigenvalue weighted by molar-refractivity contribution is 7.12. The Bertz CT molecular complexity index is 670. The molecule has 2 heterocycles. The lowest BCUT2D eigenvalue weighted by Gasteiger charge is -2.25. The third kappa shape index (κ3) is 4.09. The van der Waals surface area contributed by atoms with Gasteiger partial charge in [-0.25, -0.2) is 4.79 Å². The topological polar surface area (TPSA) is 35.6 Å². The first-order chi connectivity index (χ1) is 11.6. The third-order valence-electron chi connectivity index (χ3n) is 4.43. The van der Waals surface area contributed by atoms with Crippen molar-refractivity contribution in [1.82, 2.24) is 10.2 Å². The van der Waals surface area contributed by atoms with E-state index in [1.165, 1.54) is 15.4 Å². The molecule has 4 nitrogen and oxygen atoms in total. The van der Waals surface area contributed by atoms with Crippen molar-refractivity contribution in [3.05, 3.63) is 52.2 Å². The van der Waals surface area contributed by atoms with Crippen LogP contribution in [-0.4, -0.2) is 37.1 Å². The molecule has 1 unspecified atom stereocenters. The number of nitrogens with zero attached hydrogens (tertiary/aromatic N) is 2. The van der Waals surface area contributed by atoms with E-state index in [1.807, 2.05) is 11.0 Å². The van der Waals surface area contributed by atoms with Crippen LogP contribution < -0.4 is 10.2 Å². The van der Waals surface area contributed by atoms with E-state index in [0.29, 0.717) is 0 Å². The summed E-state index contributed by atoms with van der Waals surface area (Å²) in [6.07, 6.45) is 0.995. The third-order valence-corrected chi connectivity index (χ3v) is 5.62. The van der Waals surface area contributed by atoms with E-state index in [9.17, 15) is 4.79 Å². The maximum Gasteiger partial charge on any atom is 0.317 e. The Morgan fingerprint density at radius 3 is 2.58 bits per heavy atom. The number of rotatable bonds is 3. The number of anilines is 1. The lowest BCUT2D eigenvalue weighted by atomic mass is 10.3. The molecule has 1 saturated heterocycles. The number of amides is 2. The molecule has 2 aromatic rings. The molecule has 1 aliphatic heterocycles. The molecular formula is C19H25N3OS.